The second kappa shape index (κ2) is 8.15. The molecule has 5 heteroatoms. The molecule has 1 aliphatic rings. The van der Waals surface area contributed by atoms with Crippen molar-refractivity contribution in [2.75, 3.05) is 6.61 Å². The predicted molar refractivity (Wildman–Crippen MR) is 102 cm³/mol. The summed E-state index contributed by atoms with van der Waals surface area (Å²) in [6.07, 6.45) is 9.67. The number of carbonyl (C=O) groups excluding carboxylic acids is 1. The molecular weight excluding hydrogens is 336 g/mol. The Morgan fingerprint density at radius 2 is 2.00 bits per heavy atom. The predicted octanol–water partition coefficient (Wildman–Crippen LogP) is 4.52. The topological polar surface area (TPSA) is 45.2 Å². The van der Waals surface area contributed by atoms with E-state index in [1.807, 2.05) is 29.0 Å². The van der Waals surface area contributed by atoms with E-state index in [1.54, 1.807) is 0 Å². The van der Waals surface area contributed by atoms with Crippen LogP contribution in [0, 0.1) is 5.92 Å². The minimum absolute atomic E-state index is 0.0307. The van der Waals surface area contributed by atoms with Crippen LogP contribution < -0.4 is 0 Å². The number of carbonyl (C=O) groups is 1. The van der Waals surface area contributed by atoms with Crippen molar-refractivity contribution in [3.63, 3.8) is 0 Å². The second-order valence-corrected chi connectivity index (χ2v) is 7.36. The van der Waals surface area contributed by atoms with E-state index in [2.05, 4.69) is 6.72 Å². The van der Waals surface area contributed by atoms with Gasteiger partial charge < -0.3 is 9.67 Å². The zero-order valence-electron chi connectivity index (χ0n) is 14.6. The number of benzene rings is 1. The maximum absolute atomic E-state index is 12.8. The van der Waals surface area contributed by atoms with E-state index in [9.17, 15) is 9.90 Å². The fraction of sp³-hybridized carbons (Fsp3) is 0.500. The van der Waals surface area contributed by atoms with E-state index >= 15 is 0 Å². The van der Waals surface area contributed by atoms with Gasteiger partial charge in [-0.15, -0.1) is 4.58 Å². The molecule has 1 amide bonds. The van der Waals surface area contributed by atoms with Crippen LogP contribution in [0.4, 0.5) is 5.69 Å². The van der Waals surface area contributed by atoms with E-state index in [-0.39, 0.29) is 12.5 Å². The minimum Gasteiger partial charge on any atom is -0.395 e. The fourth-order valence-electron chi connectivity index (χ4n) is 3.84. The molecule has 1 aliphatic carbocycles. The van der Waals surface area contributed by atoms with Crippen LogP contribution in [-0.4, -0.2) is 33.5 Å². The minimum atomic E-state index is 0.0307. The lowest BCUT2D eigenvalue weighted by Gasteiger charge is -2.10. The molecule has 1 aromatic carbocycles. The van der Waals surface area contributed by atoms with Gasteiger partial charge in [0.1, 0.15) is 6.72 Å². The average molecular weight is 362 g/mol. The molecule has 134 valence electrons. The van der Waals surface area contributed by atoms with Crippen molar-refractivity contribution in [1.82, 2.24) is 4.57 Å². The first-order valence-corrected chi connectivity index (χ1v) is 9.51. The van der Waals surface area contributed by atoms with E-state index < -0.39 is 0 Å². The molecule has 4 nitrogen and oxygen atoms in total. The summed E-state index contributed by atoms with van der Waals surface area (Å²) in [6, 6.07) is 5.65. The largest absolute Gasteiger partial charge is 0.395 e. The number of aromatic nitrogens is 1. The fourth-order valence-corrected chi connectivity index (χ4v) is 4.11. The molecule has 2 aromatic rings. The maximum Gasteiger partial charge on any atom is 0.392 e. The SMILES string of the molecule is C=[N+](C(=O)CC1CCCCCC1)c1cn(CCO)c2cccc(Cl)c12. The third kappa shape index (κ3) is 3.96. The summed E-state index contributed by atoms with van der Waals surface area (Å²) in [5.74, 6) is 0.496. The molecule has 3 rings (SSSR count). The Labute approximate surface area is 153 Å². The summed E-state index contributed by atoms with van der Waals surface area (Å²) in [6.45, 7) is 4.50. The van der Waals surface area contributed by atoms with Crippen LogP contribution in [0.5, 0.6) is 0 Å². The van der Waals surface area contributed by atoms with Crippen LogP contribution in [0.2, 0.25) is 5.02 Å². The van der Waals surface area contributed by atoms with Gasteiger partial charge in [-0.1, -0.05) is 43.4 Å². The van der Waals surface area contributed by atoms with Gasteiger partial charge in [0.15, 0.2) is 0 Å². The van der Waals surface area contributed by atoms with Crippen LogP contribution >= 0.6 is 11.6 Å². The van der Waals surface area contributed by atoms with Crippen LogP contribution in [0.25, 0.3) is 10.9 Å². The van der Waals surface area contributed by atoms with E-state index in [1.165, 1.54) is 30.3 Å². The average Bonchev–Trinajstić information content (AvgIpc) is 2.78. The highest BCUT2D eigenvalue weighted by molar-refractivity contribution is 6.36. The third-order valence-electron chi connectivity index (χ3n) is 5.21. The molecule has 0 radical (unpaired) electrons. The van der Waals surface area contributed by atoms with Gasteiger partial charge in [0.2, 0.25) is 5.69 Å². The molecule has 1 N–H and O–H groups in total. The Bertz CT molecular complexity index is 773. The Morgan fingerprint density at radius 3 is 2.68 bits per heavy atom. The van der Waals surface area contributed by atoms with Crippen LogP contribution in [0.15, 0.2) is 24.4 Å². The number of rotatable bonds is 5. The summed E-state index contributed by atoms with van der Waals surface area (Å²) in [7, 11) is 0. The molecule has 1 saturated carbocycles. The molecule has 0 unspecified atom stereocenters. The molecule has 0 bridgehead atoms. The lowest BCUT2D eigenvalue weighted by Crippen LogP contribution is -2.18. The number of nitrogens with zero attached hydrogens (tertiary/aromatic N) is 2. The summed E-state index contributed by atoms with van der Waals surface area (Å²) < 4.78 is 3.42. The van der Waals surface area contributed by atoms with Crippen LogP contribution in [0.3, 0.4) is 0 Å². The number of hydrogen-bond donors (Lipinski definition) is 1. The van der Waals surface area contributed by atoms with Gasteiger partial charge in [0, 0.05) is 6.54 Å². The summed E-state index contributed by atoms with van der Waals surface area (Å²) in [4.78, 5) is 12.8. The van der Waals surface area contributed by atoms with Crippen molar-refractivity contribution < 1.29 is 14.5 Å². The van der Waals surface area contributed by atoms with E-state index in [0.717, 1.165) is 23.7 Å². The lowest BCUT2D eigenvalue weighted by molar-refractivity contribution is -0.358. The Kier molecular flexibility index (Phi) is 5.92. The normalized spacial score (nSPS) is 16.1. The van der Waals surface area contributed by atoms with Gasteiger partial charge in [0.05, 0.1) is 35.2 Å². The zero-order valence-corrected chi connectivity index (χ0v) is 15.3. The van der Waals surface area contributed by atoms with Crippen LogP contribution in [0.1, 0.15) is 44.9 Å². The number of aliphatic hydroxyl groups is 1. The quantitative estimate of drug-likeness (QED) is 0.483. The smallest absolute Gasteiger partial charge is 0.392 e. The highest BCUT2D eigenvalue weighted by Crippen LogP contribution is 2.35. The molecule has 25 heavy (non-hydrogen) atoms. The summed E-state index contributed by atoms with van der Waals surface area (Å²) >= 11 is 6.40. The molecule has 0 spiro atoms. The third-order valence-corrected chi connectivity index (χ3v) is 5.52. The lowest BCUT2D eigenvalue weighted by atomic mass is 9.96. The molecular formula is C20H26ClN2O2+. The second-order valence-electron chi connectivity index (χ2n) is 6.95. The Hall–Kier alpha value is -1.65. The van der Waals surface area contributed by atoms with Crippen molar-refractivity contribution in [3.05, 3.63) is 29.4 Å². The first-order valence-electron chi connectivity index (χ1n) is 9.13. The number of halogens is 1. The highest BCUT2D eigenvalue weighted by atomic mass is 35.5. The highest BCUT2D eigenvalue weighted by Gasteiger charge is 2.28. The monoisotopic (exact) mass is 361 g/mol. The van der Waals surface area contributed by atoms with Crippen molar-refractivity contribution in [3.8, 4) is 0 Å². The molecule has 0 aliphatic heterocycles. The number of fused-ring (bicyclic) bond motifs is 1. The number of amides is 1. The van der Waals surface area contributed by atoms with Gasteiger partial charge in [-0.05, 0) is 30.9 Å². The summed E-state index contributed by atoms with van der Waals surface area (Å²) in [5, 5.41) is 10.7. The zero-order chi connectivity index (χ0) is 17.8. The number of hydrogen-bond acceptors (Lipinski definition) is 2. The Morgan fingerprint density at radius 1 is 1.28 bits per heavy atom. The molecule has 0 atom stereocenters. The molecule has 1 heterocycles. The van der Waals surface area contributed by atoms with Gasteiger partial charge in [-0.2, -0.15) is 0 Å². The maximum atomic E-state index is 12.8. The van der Waals surface area contributed by atoms with Crippen LogP contribution in [-0.2, 0) is 11.3 Å². The number of aliphatic hydroxyl groups excluding tert-OH is 1. The van der Waals surface area contributed by atoms with Crippen molar-refractivity contribution in [2.24, 2.45) is 5.92 Å². The van der Waals surface area contributed by atoms with Gasteiger partial charge in [-0.25, -0.2) is 4.79 Å². The first-order chi connectivity index (χ1) is 12.1. The van der Waals surface area contributed by atoms with Crippen molar-refractivity contribution in [2.45, 2.75) is 51.5 Å². The molecule has 1 fully saturated rings. The van der Waals surface area contributed by atoms with E-state index in [0.29, 0.717) is 29.6 Å². The standard InChI is InChI=1S/C20H26ClN2O2/c1-22(19(25)13-15-7-4-2-3-5-8-15)18-14-23(11-12-24)17-10-6-9-16(21)20(17)18/h6,9-10,14-15,24H,1-5,7-8,11-13H2/q+1. The summed E-state index contributed by atoms with van der Waals surface area (Å²) in [5.41, 5.74) is 1.63. The Balaban J connectivity index is 1.87. The first kappa shape index (κ1) is 18.2. The van der Waals surface area contributed by atoms with Gasteiger partial charge in [-0.3, -0.25) is 0 Å². The van der Waals surface area contributed by atoms with E-state index in [4.69, 9.17) is 11.6 Å². The molecule has 1 aromatic heterocycles. The van der Waals surface area contributed by atoms with Gasteiger partial charge in [0.25, 0.3) is 0 Å². The van der Waals surface area contributed by atoms with Crippen molar-refractivity contribution in [1.29, 1.82) is 0 Å². The van der Waals surface area contributed by atoms with Gasteiger partial charge >= 0.3 is 5.91 Å². The van der Waals surface area contributed by atoms with Crippen molar-refractivity contribution >= 4 is 40.8 Å². The molecule has 0 saturated heterocycles.